The van der Waals surface area contributed by atoms with E-state index in [1.807, 2.05) is 19.1 Å². The first-order chi connectivity index (χ1) is 9.01. The highest BCUT2D eigenvalue weighted by molar-refractivity contribution is 7.12. The maximum Gasteiger partial charge on any atom is 0.306 e. The van der Waals surface area contributed by atoms with E-state index in [2.05, 4.69) is 5.32 Å². The molecule has 1 unspecified atom stereocenters. The minimum Gasteiger partial charge on any atom is -0.481 e. The molecule has 1 rings (SSSR count). The van der Waals surface area contributed by atoms with Crippen LogP contribution in [0.3, 0.4) is 0 Å². The summed E-state index contributed by atoms with van der Waals surface area (Å²) in [6.45, 7) is 2.17. The molecule has 1 atom stereocenters. The van der Waals surface area contributed by atoms with E-state index in [0.29, 0.717) is 0 Å². The van der Waals surface area contributed by atoms with Crippen LogP contribution in [0.15, 0.2) is 18.2 Å². The normalized spacial score (nSPS) is 12.5. The van der Waals surface area contributed by atoms with Gasteiger partial charge in [-0.3, -0.25) is 9.59 Å². The van der Waals surface area contributed by atoms with Crippen LogP contribution in [0.4, 0.5) is 0 Å². The van der Waals surface area contributed by atoms with E-state index in [4.69, 9.17) is 9.84 Å². The van der Waals surface area contributed by atoms with Gasteiger partial charge in [0, 0.05) is 29.5 Å². The van der Waals surface area contributed by atoms with Crippen LogP contribution in [0.2, 0.25) is 0 Å². The minimum atomic E-state index is -0.953. The molecule has 0 aliphatic rings. The second kappa shape index (κ2) is 7.70. The van der Waals surface area contributed by atoms with E-state index in [0.717, 1.165) is 4.88 Å². The molecule has 0 aromatic carbocycles. The SMILES string of the molecule is COC(CNC(=O)/C=C/c1ccc(C)s1)CC(=O)O. The molecule has 0 fully saturated rings. The molecule has 2 N–H and O–H groups in total. The van der Waals surface area contributed by atoms with Crippen LogP contribution in [0, 0.1) is 6.92 Å². The van der Waals surface area contributed by atoms with Crippen LogP contribution in [0.5, 0.6) is 0 Å². The van der Waals surface area contributed by atoms with Crippen molar-refractivity contribution < 1.29 is 19.4 Å². The second-order valence-corrected chi connectivity index (χ2v) is 5.30. The number of hydrogen-bond donors (Lipinski definition) is 2. The lowest BCUT2D eigenvalue weighted by Crippen LogP contribution is -2.33. The van der Waals surface area contributed by atoms with E-state index in [1.165, 1.54) is 18.1 Å². The first-order valence-electron chi connectivity index (χ1n) is 5.78. The highest BCUT2D eigenvalue weighted by Crippen LogP contribution is 2.16. The monoisotopic (exact) mass is 283 g/mol. The van der Waals surface area contributed by atoms with Gasteiger partial charge in [0.2, 0.25) is 5.91 Å². The summed E-state index contributed by atoms with van der Waals surface area (Å²) < 4.78 is 4.96. The van der Waals surface area contributed by atoms with Crippen LogP contribution in [0.1, 0.15) is 16.2 Å². The predicted octanol–water partition coefficient (Wildman–Crippen LogP) is 1.68. The van der Waals surface area contributed by atoms with Crippen molar-refractivity contribution in [1.82, 2.24) is 5.32 Å². The molecule has 0 spiro atoms. The second-order valence-electron chi connectivity index (χ2n) is 3.98. The predicted molar refractivity (Wildman–Crippen MR) is 74.1 cm³/mol. The Hall–Kier alpha value is -1.66. The summed E-state index contributed by atoms with van der Waals surface area (Å²) in [6.07, 6.45) is 2.51. The van der Waals surface area contributed by atoms with Gasteiger partial charge in [0.15, 0.2) is 0 Å². The first-order valence-corrected chi connectivity index (χ1v) is 6.60. The van der Waals surface area contributed by atoms with Gasteiger partial charge in [-0.05, 0) is 25.1 Å². The lowest BCUT2D eigenvalue weighted by molar-refractivity contribution is -0.140. The Bertz CT molecular complexity index is 467. The van der Waals surface area contributed by atoms with Crippen molar-refractivity contribution in [1.29, 1.82) is 0 Å². The molecule has 0 saturated heterocycles. The third-order valence-electron chi connectivity index (χ3n) is 2.40. The van der Waals surface area contributed by atoms with Crippen molar-refractivity contribution in [3.8, 4) is 0 Å². The van der Waals surface area contributed by atoms with Gasteiger partial charge in [0.25, 0.3) is 0 Å². The zero-order valence-electron chi connectivity index (χ0n) is 10.9. The summed E-state index contributed by atoms with van der Waals surface area (Å²) >= 11 is 1.60. The fraction of sp³-hybridized carbons (Fsp3) is 0.385. The van der Waals surface area contributed by atoms with Gasteiger partial charge < -0.3 is 15.2 Å². The molecule has 1 aromatic heterocycles. The van der Waals surface area contributed by atoms with Crippen LogP contribution >= 0.6 is 11.3 Å². The lowest BCUT2D eigenvalue weighted by atomic mass is 10.2. The van der Waals surface area contributed by atoms with Crippen LogP contribution in [-0.4, -0.2) is 36.7 Å². The zero-order valence-corrected chi connectivity index (χ0v) is 11.7. The average Bonchev–Trinajstić information content (AvgIpc) is 2.77. The number of rotatable bonds is 7. The van der Waals surface area contributed by atoms with E-state index in [9.17, 15) is 9.59 Å². The number of ether oxygens (including phenoxy) is 1. The van der Waals surface area contributed by atoms with Crippen molar-refractivity contribution in [3.63, 3.8) is 0 Å². The summed E-state index contributed by atoms with van der Waals surface area (Å²) in [5.74, 6) is -1.22. The van der Waals surface area contributed by atoms with Crippen molar-refractivity contribution in [2.45, 2.75) is 19.4 Å². The molecule has 0 bridgehead atoms. The third-order valence-corrected chi connectivity index (χ3v) is 3.37. The fourth-order valence-electron chi connectivity index (χ4n) is 1.41. The van der Waals surface area contributed by atoms with Crippen LogP contribution in [0.25, 0.3) is 6.08 Å². The first kappa shape index (κ1) is 15.4. The summed E-state index contributed by atoms with van der Waals surface area (Å²) in [6, 6.07) is 3.92. The number of aliphatic carboxylic acids is 1. The molecule has 0 radical (unpaired) electrons. The Labute approximate surface area is 115 Å². The molecule has 0 saturated carbocycles. The zero-order chi connectivity index (χ0) is 14.3. The summed E-state index contributed by atoms with van der Waals surface area (Å²) in [4.78, 5) is 24.2. The number of hydrogen-bond acceptors (Lipinski definition) is 4. The molecule has 1 amide bonds. The molecule has 0 aliphatic carbocycles. The number of nitrogens with one attached hydrogen (secondary N) is 1. The number of carbonyl (C=O) groups is 2. The third kappa shape index (κ3) is 6.17. The Balaban J connectivity index is 2.38. The highest BCUT2D eigenvalue weighted by atomic mass is 32.1. The Morgan fingerprint density at radius 1 is 1.53 bits per heavy atom. The molecular formula is C13H17NO4S. The van der Waals surface area contributed by atoms with Crippen molar-refractivity contribution in [2.24, 2.45) is 0 Å². The van der Waals surface area contributed by atoms with Crippen LogP contribution < -0.4 is 5.32 Å². The topological polar surface area (TPSA) is 75.6 Å². The molecule has 104 valence electrons. The van der Waals surface area contributed by atoms with E-state index >= 15 is 0 Å². The standard InChI is InChI=1S/C13H17NO4S/c1-9-3-4-11(19-9)5-6-12(15)14-8-10(18-2)7-13(16)17/h3-6,10H,7-8H2,1-2H3,(H,14,15)(H,16,17)/b6-5+. The van der Waals surface area contributed by atoms with E-state index in [1.54, 1.807) is 17.4 Å². The maximum atomic E-state index is 11.5. The van der Waals surface area contributed by atoms with Gasteiger partial charge in [-0.1, -0.05) is 0 Å². The average molecular weight is 283 g/mol. The van der Waals surface area contributed by atoms with Crippen molar-refractivity contribution in [3.05, 3.63) is 28.0 Å². The number of carboxylic acid groups (broad SMARTS) is 1. The number of carboxylic acids is 1. The summed E-state index contributed by atoms with van der Waals surface area (Å²) in [7, 11) is 1.42. The minimum absolute atomic E-state index is 0.134. The highest BCUT2D eigenvalue weighted by Gasteiger charge is 2.12. The summed E-state index contributed by atoms with van der Waals surface area (Å²) in [5.41, 5.74) is 0. The smallest absolute Gasteiger partial charge is 0.306 e. The van der Waals surface area contributed by atoms with E-state index in [-0.39, 0.29) is 18.9 Å². The molecule has 0 aliphatic heterocycles. The molecule has 1 heterocycles. The number of carbonyl (C=O) groups excluding carboxylic acids is 1. The van der Waals surface area contributed by atoms with Gasteiger partial charge in [-0.2, -0.15) is 0 Å². The molecule has 5 nitrogen and oxygen atoms in total. The molecule has 1 aromatic rings. The van der Waals surface area contributed by atoms with Gasteiger partial charge in [0.1, 0.15) is 0 Å². The fourth-order valence-corrected chi connectivity index (χ4v) is 2.19. The van der Waals surface area contributed by atoms with Crippen LogP contribution in [-0.2, 0) is 14.3 Å². The van der Waals surface area contributed by atoms with Gasteiger partial charge in [0.05, 0.1) is 12.5 Å². The van der Waals surface area contributed by atoms with Crippen molar-refractivity contribution >= 4 is 29.3 Å². The summed E-state index contributed by atoms with van der Waals surface area (Å²) in [5, 5.41) is 11.2. The molecule has 6 heteroatoms. The number of thiophene rings is 1. The number of methoxy groups -OCH3 is 1. The largest absolute Gasteiger partial charge is 0.481 e. The molecule has 19 heavy (non-hydrogen) atoms. The maximum absolute atomic E-state index is 11.5. The van der Waals surface area contributed by atoms with Gasteiger partial charge in [-0.25, -0.2) is 0 Å². The Morgan fingerprint density at radius 3 is 2.79 bits per heavy atom. The quantitative estimate of drug-likeness (QED) is 0.746. The number of aryl methyl sites for hydroxylation is 1. The van der Waals surface area contributed by atoms with Crippen molar-refractivity contribution in [2.75, 3.05) is 13.7 Å². The Morgan fingerprint density at radius 2 is 2.26 bits per heavy atom. The number of amides is 1. The van der Waals surface area contributed by atoms with Gasteiger partial charge >= 0.3 is 5.97 Å². The van der Waals surface area contributed by atoms with Gasteiger partial charge in [-0.15, -0.1) is 11.3 Å². The Kier molecular flexibility index (Phi) is 6.24. The lowest BCUT2D eigenvalue weighted by Gasteiger charge is -2.12. The molecular weight excluding hydrogens is 266 g/mol. The van der Waals surface area contributed by atoms with E-state index < -0.39 is 12.1 Å².